The summed E-state index contributed by atoms with van der Waals surface area (Å²) >= 11 is 0. The van der Waals surface area contributed by atoms with Crippen LogP contribution in [0.25, 0.3) is 0 Å². The summed E-state index contributed by atoms with van der Waals surface area (Å²) < 4.78 is 0. The zero-order chi connectivity index (χ0) is 15.2. The lowest BCUT2D eigenvalue weighted by molar-refractivity contribution is 0.0943. The Morgan fingerprint density at radius 2 is 1.86 bits per heavy atom. The third-order valence-electron chi connectivity index (χ3n) is 4.30. The highest BCUT2D eigenvalue weighted by atomic mass is 16.1. The number of carbonyl (C=O) groups excluding carboxylic acids is 1. The molecule has 0 spiro atoms. The predicted molar refractivity (Wildman–Crippen MR) is 88.7 cm³/mol. The maximum Gasteiger partial charge on any atom is 0.251 e. The lowest BCUT2D eigenvalue weighted by atomic mass is 9.84. The molecule has 1 aliphatic carbocycles. The van der Waals surface area contributed by atoms with Gasteiger partial charge in [-0.25, -0.2) is 0 Å². The molecule has 3 heteroatoms. The van der Waals surface area contributed by atoms with Crippen LogP contribution in [0.1, 0.15) is 63.2 Å². The first kappa shape index (κ1) is 15.9. The van der Waals surface area contributed by atoms with Gasteiger partial charge in [0, 0.05) is 23.3 Å². The van der Waals surface area contributed by atoms with Crippen LogP contribution in [0.15, 0.2) is 24.3 Å². The molecule has 1 atom stereocenters. The molecule has 2 rings (SSSR count). The molecule has 1 saturated carbocycles. The van der Waals surface area contributed by atoms with Gasteiger partial charge in [0.15, 0.2) is 0 Å². The van der Waals surface area contributed by atoms with Crippen molar-refractivity contribution in [3.8, 4) is 0 Å². The van der Waals surface area contributed by atoms with E-state index in [1.54, 1.807) is 0 Å². The molecule has 3 nitrogen and oxygen atoms in total. The fraction of sp³-hybridized carbons (Fsp3) is 0.611. The van der Waals surface area contributed by atoms with Crippen LogP contribution in [0.3, 0.4) is 0 Å². The minimum atomic E-state index is -0.000954. The molecule has 0 aliphatic heterocycles. The van der Waals surface area contributed by atoms with Crippen molar-refractivity contribution in [3.63, 3.8) is 0 Å². The highest BCUT2D eigenvalue weighted by molar-refractivity contribution is 5.95. The van der Waals surface area contributed by atoms with E-state index in [0.29, 0.717) is 6.04 Å². The van der Waals surface area contributed by atoms with Crippen molar-refractivity contribution in [2.75, 3.05) is 5.32 Å². The van der Waals surface area contributed by atoms with E-state index in [9.17, 15) is 4.79 Å². The van der Waals surface area contributed by atoms with Crippen molar-refractivity contribution >= 4 is 11.6 Å². The fourth-order valence-electron chi connectivity index (χ4n) is 3.11. The number of rotatable bonds is 5. The summed E-state index contributed by atoms with van der Waals surface area (Å²) in [6.45, 7) is 6.22. The number of benzene rings is 1. The topological polar surface area (TPSA) is 41.1 Å². The van der Waals surface area contributed by atoms with Gasteiger partial charge in [0.25, 0.3) is 5.91 Å². The molecule has 0 heterocycles. The Kier molecular flexibility index (Phi) is 5.66. The zero-order valence-electron chi connectivity index (χ0n) is 13.5. The summed E-state index contributed by atoms with van der Waals surface area (Å²) in [6, 6.07) is 8.45. The Morgan fingerprint density at radius 1 is 1.14 bits per heavy atom. The monoisotopic (exact) mass is 288 g/mol. The molecule has 1 fully saturated rings. The maximum absolute atomic E-state index is 12.1. The van der Waals surface area contributed by atoms with Gasteiger partial charge in [-0.3, -0.25) is 4.79 Å². The Morgan fingerprint density at radius 3 is 2.52 bits per heavy atom. The number of carbonyl (C=O) groups is 1. The number of nitrogens with one attached hydrogen (secondary N) is 2. The Bertz CT molecular complexity index is 464. The van der Waals surface area contributed by atoms with Gasteiger partial charge in [-0.1, -0.05) is 25.3 Å². The van der Waals surface area contributed by atoms with Gasteiger partial charge in [0.2, 0.25) is 0 Å². The van der Waals surface area contributed by atoms with Crippen LogP contribution < -0.4 is 10.6 Å². The average molecular weight is 288 g/mol. The first-order valence-electron chi connectivity index (χ1n) is 8.23. The van der Waals surface area contributed by atoms with Gasteiger partial charge in [0.1, 0.15) is 0 Å². The predicted octanol–water partition coefficient (Wildman–Crippen LogP) is 4.21. The van der Waals surface area contributed by atoms with Gasteiger partial charge in [-0.05, 0) is 57.7 Å². The van der Waals surface area contributed by atoms with Crippen molar-refractivity contribution in [2.45, 2.75) is 65.0 Å². The van der Waals surface area contributed by atoms with E-state index in [1.807, 2.05) is 38.1 Å². The van der Waals surface area contributed by atoms with Gasteiger partial charge in [0.05, 0.1) is 0 Å². The summed E-state index contributed by atoms with van der Waals surface area (Å²) in [5.41, 5.74) is 1.77. The number of anilines is 1. The summed E-state index contributed by atoms with van der Waals surface area (Å²) in [5, 5.41) is 6.52. The minimum absolute atomic E-state index is 0.000954. The first-order chi connectivity index (χ1) is 10.1. The van der Waals surface area contributed by atoms with Crippen molar-refractivity contribution in [1.82, 2.24) is 5.32 Å². The van der Waals surface area contributed by atoms with Gasteiger partial charge < -0.3 is 10.6 Å². The lowest BCUT2D eigenvalue weighted by Crippen LogP contribution is -2.30. The van der Waals surface area contributed by atoms with Crippen LogP contribution in [-0.2, 0) is 0 Å². The molecular formula is C18H28N2O. The van der Waals surface area contributed by atoms with Crippen LogP contribution in [0.5, 0.6) is 0 Å². The molecule has 0 aromatic heterocycles. The molecule has 116 valence electrons. The van der Waals surface area contributed by atoms with Gasteiger partial charge in [-0.2, -0.15) is 0 Å². The number of hydrogen-bond donors (Lipinski definition) is 2. The normalized spacial score (nSPS) is 17.5. The molecule has 2 N–H and O–H groups in total. The maximum atomic E-state index is 12.1. The van der Waals surface area contributed by atoms with E-state index in [-0.39, 0.29) is 11.9 Å². The van der Waals surface area contributed by atoms with E-state index in [0.717, 1.165) is 17.2 Å². The van der Waals surface area contributed by atoms with E-state index < -0.39 is 0 Å². The highest BCUT2D eigenvalue weighted by Gasteiger charge is 2.20. The first-order valence-corrected chi connectivity index (χ1v) is 8.23. The standard InChI is InChI=1S/C18H28N2O/c1-13(2)19-18(21)16-10-7-11-17(12-16)20-14(3)15-8-5-4-6-9-15/h7,10-15,20H,4-6,8-9H2,1-3H3,(H,19,21). The van der Waals surface area contributed by atoms with Crippen LogP contribution in [0.2, 0.25) is 0 Å². The molecule has 1 aliphatic rings. The van der Waals surface area contributed by atoms with E-state index in [2.05, 4.69) is 17.6 Å². The SMILES string of the molecule is CC(C)NC(=O)c1cccc(NC(C)C2CCCCC2)c1. The van der Waals surface area contributed by atoms with Crippen molar-refractivity contribution < 1.29 is 4.79 Å². The molecule has 1 aromatic rings. The lowest BCUT2D eigenvalue weighted by Gasteiger charge is -2.29. The van der Waals surface area contributed by atoms with Gasteiger partial charge in [-0.15, -0.1) is 0 Å². The second-order valence-corrected chi connectivity index (χ2v) is 6.54. The summed E-state index contributed by atoms with van der Waals surface area (Å²) in [4.78, 5) is 12.1. The fourth-order valence-corrected chi connectivity index (χ4v) is 3.11. The van der Waals surface area contributed by atoms with Crippen LogP contribution in [0.4, 0.5) is 5.69 Å². The van der Waals surface area contributed by atoms with Crippen molar-refractivity contribution in [2.24, 2.45) is 5.92 Å². The Hall–Kier alpha value is -1.51. The molecule has 0 bridgehead atoms. The highest BCUT2D eigenvalue weighted by Crippen LogP contribution is 2.28. The van der Waals surface area contributed by atoms with Gasteiger partial charge >= 0.3 is 0 Å². The molecule has 1 aromatic carbocycles. The number of hydrogen-bond acceptors (Lipinski definition) is 2. The molecular weight excluding hydrogens is 260 g/mol. The second kappa shape index (κ2) is 7.48. The quantitative estimate of drug-likeness (QED) is 0.852. The van der Waals surface area contributed by atoms with Crippen LogP contribution in [-0.4, -0.2) is 18.0 Å². The zero-order valence-corrected chi connectivity index (χ0v) is 13.5. The Balaban J connectivity index is 1.98. The van der Waals surface area contributed by atoms with E-state index in [1.165, 1.54) is 32.1 Å². The number of amides is 1. The molecule has 1 unspecified atom stereocenters. The smallest absolute Gasteiger partial charge is 0.251 e. The Labute approximate surface area is 128 Å². The summed E-state index contributed by atoms with van der Waals surface area (Å²) in [6.07, 6.45) is 6.73. The van der Waals surface area contributed by atoms with E-state index in [4.69, 9.17) is 0 Å². The third-order valence-corrected chi connectivity index (χ3v) is 4.30. The van der Waals surface area contributed by atoms with Crippen LogP contribution >= 0.6 is 0 Å². The van der Waals surface area contributed by atoms with Crippen LogP contribution in [0, 0.1) is 5.92 Å². The molecule has 0 saturated heterocycles. The molecule has 0 radical (unpaired) electrons. The summed E-state index contributed by atoms with van der Waals surface area (Å²) in [5.74, 6) is 0.755. The minimum Gasteiger partial charge on any atom is -0.382 e. The van der Waals surface area contributed by atoms with Crippen molar-refractivity contribution in [3.05, 3.63) is 29.8 Å². The van der Waals surface area contributed by atoms with E-state index >= 15 is 0 Å². The summed E-state index contributed by atoms with van der Waals surface area (Å²) in [7, 11) is 0. The second-order valence-electron chi connectivity index (χ2n) is 6.54. The molecule has 21 heavy (non-hydrogen) atoms. The molecule has 1 amide bonds. The largest absolute Gasteiger partial charge is 0.382 e. The third kappa shape index (κ3) is 4.76. The van der Waals surface area contributed by atoms with Crippen molar-refractivity contribution in [1.29, 1.82) is 0 Å². The average Bonchev–Trinajstić information content (AvgIpc) is 2.47.